The fourth-order valence-corrected chi connectivity index (χ4v) is 5.06. The Labute approximate surface area is 218 Å². The summed E-state index contributed by atoms with van der Waals surface area (Å²) in [6.45, 7) is 5.90. The van der Waals surface area contributed by atoms with Crippen molar-refractivity contribution in [1.29, 1.82) is 0 Å². The maximum Gasteiger partial charge on any atom is 0.433 e. The summed E-state index contributed by atoms with van der Waals surface area (Å²) in [5.41, 5.74) is -0.437. The lowest BCUT2D eigenvalue weighted by Gasteiger charge is -2.42. The third-order valence-electron chi connectivity index (χ3n) is 7.25. The smallest absolute Gasteiger partial charge is 0.341 e. The van der Waals surface area contributed by atoms with Gasteiger partial charge in [0.05, 0.1) is 5.52 Å². The van der Waals surface area contributed by atoms with Crippen LogP contribution in [0.5, 0.6) is 0 Å². The number of hydrogen-bond acceptors (Lipinski definition) is 6. The van der Waals surface area contributed by atoms with Crippen LogP contribution in [0.15, 0.2) is 42.6 Å². The number of pyridine rings is 1. The first-order valence-corrected chi connectivity index (χ1v) is 12.7. The molecule has 0 bridgehead atoms. The van der Waals surface area contributed by atoms with Crippen LogP contribution in [0.3, 0.4) is 0 Å². The van der Waals surface area contributed by atoms with Gasteiger partial charge in [0.25, 0.3) is 5.91 Å². The summed E-state index contributed by atoms with van der Waals surface area (Å²) in [4.78, 5) is 35.6. The van der Waals surface area contributed by atoms with Gasteiger partial charge in [-0.05, 0) is 50.2 Å². The highest BCUT2D eigenvalue weighted by Gasteiger charge is 2.33. The van der Waals surface area contributed by atoms with Crippen molar-refractivity contribution in [1.82, 2.24) is 29.5 Å². The average Bonchev–Trinajstić information content (AvgIpc) is 3.30. The minimum Gasteiger partial charge on any atom is -0.341 e. The molecule has 0 unspecified atom stereocenters. The van der Waals surface area contributed by atoms with E-state index in [0.717, 1.165) is 64.2 Å². The molecule has 2 aromatic heterocycles. The van der Waals surface area contributed by atoms with Gasteiger partial charge in [-0.25, -0.2) is 4.98 Å². The Morgan fingerprint density at radius 1 is 1.03 bits per heavy atom. The quantitative estimate of drug-likeness (QED) is 0.547. The number of nitrogens with one attached hydrogen (secondary N) is 1. The summed E-state index contributed by atoms with van der Waals surface area (Å²) in [5.74, 6) is -0.739. The molecule has 9 nitrogen and oxygen atoms in total. The molecule has 38 heavy (non-hydrogen) atoms. The van der Waals surface area contributed by atoms with Crippen LogP contribution < -0.4 is 5.32 Å². The number of piperidine rings is 1. The van der Waals surface area contributed by atoms with E-state index in [1.807, 2.05) is 4.90 Å². The van der Waals surface area contributed by atoms with Crippen LogP contribution in [0.25, 0.3) is 10.9 Å². The van der Waals surface area contributed by atoms with Crippen LogP contribution in [0.4, 0.5) is 18.9 Å². The van der Waals surface area contributed by atoms with Crippen molar-refractivity contribution >= 4 is 28.4 Å². The van der Waals surface area contributed by atoms with Crippen LogP contribution >= 0.6 is 0 Å². The minimum absolute atomic E-state index is 0.0128. The molecule has 2 aliphatic rings. The predicted octanol–water partition coefficient (Wildman–Crippen LogP) is 2.94. The third kappa shape index (κ3) is 5.97. The molecule has 0 spiro atoms. The van der Waals surface area contributed by atoms with E-state index in [0.29, 0.717) is 22.6 Å². The fraction of sp³-hybridized carbons (Fsp3) is 0.462. The van der Waals surface area contributed by atoms with Crippen molar-refractivity contribution in [3.05, 3.63) is 54.0 Å². The average molecular weight is 530 g/mol. The zero-order chi connectivity index (χ0) is 26.9. The van der Waals surface area contributed by atoms with Crippen molar-refractivity contribution in [2.75, 3.05) is 51.6 Å². The highest BCUT2D eigenvalue weighted by molar-refractivity contribution is 6.03. The van der Waals surface area contributed by atoms with Gasteiger partial charge in [0.1, 0.15) is 17.9 Å². The SMILES string of the molecule is CN1CCN(C2CCN(C(=O)Cn3cc4cc(NC(=O)c5cccc(C(F)(F)F)n5)ccc4n3)CC2)CC1. The van der Waals surface area contributed by atoms with E-state index in [4.69, 9.17) is 0 Å². The molecule has 0 radical (unpaired) electrons. The third-order valence-corrected chi connectivity index (χ3v) is 7.25. The highest BCUT2D eigenvalue weighted by atomic mass is 19.4. The lowest BCUT2D eigenvalue weighted by molar-refractivity contribution is -0.141. The lowest BCUT2D eigenvalue weighted by Crippen LogP contribution is -2.53. The van der Waals surface area contributed by atoms with Crippen molar-refractivity contribution in [3.63, 3.8) is 0 Å². The van der Waals surface area contributed by atoms with Crippen molar-refractivity contribution in [2.24, 2.45) is 0 Å². The number of fused-ring (bicyclic) bond motifs is 1. The second-order valence-corrected chi connectivity index (χ2v) is 9.91. The molecule has 5 rings (SSSR count). The van der Waals surface area contributed by atoms with Gasteiger partial charge in [-0.15, -0.1) is 0 Å². The molecular formula is C26H30F3N7O2. The van der Waals surface area contributed by atoms with Gasteiger partial charge >= 0.3 is 6.18 Å². The first kappa shape index (κ1) is 26.1. The molecule has 1 aromatic carbocycles. The molecule has 4 heterocycles. The number of carbonyl (C=O) groups is 2. The van der Waals surface area contributed by atoms with Crippen LogP contribution in [0, 0.1) is 0 Å². The van der Waals surface area contributed by atoms with Crippen molar-refractivity contribution < 1.29 is 22.8 Å². The van der Waals surface area contributed by atoms with Gasteiger partial charge in [-0.3, -0.25) is 19.2 Å². The topological polar surface area (TPSA) is 86.6 Å². The number of amides is 2. The standard InChI is InChI=1S/C26H30F3N7O2/c1-33-11-13-34(14-12-33)20-7-9-35(10-8-20)24(37)17-36-16-18-15-19(5-6-21(18)32-36)30-25(38)22-3-2-4-23(31-22)26(27,28)29/h2-6,15-16,20H,7-14,17H2,1H3,(H,30,38). The Morgan fingerprint density at radius 2 is 1.76 bits per heavy atom. The Kier molecular flexibility index (Phi) is 7.35. The molecular weight excluding hydrogens is 499 g/mol. The molecule has 2 aliphatic heterocycles. The largest absolute Gasteiger partial charge is 0.433 e. The summed E-state index contributed by atoms with van der Waals surface area (Å²) in [6, 6.07) is 8.66. The molecule has 1 N–H and O–H groups in total. The monoisotopic (exact) mass is 529 g/mol. The number of halogens is 3. The molecule has 12 heteroatoms. The molecule has 2 saturated heterocycles. The van der Waals surface area contributed by atoms with E-state index < -0.39 is 17.8 Å². The van der Waals surface area contributed by atoms with Crippen molar-refractivity contribution in [3.8, 4) is 0 Å². The Hall–Kier alpha value is -3.51. The number of piperazine rings is 1. The van der Waals surface area contributed by atoms with E-state index in [9.17, 15) is 22.8 Å². The zero-order valence-electron chi connectivity index (χ0n) is 21.1. The van der Waals surface area contributed by atoms with Gasteiger partial charge in [0.2, 0.25) is 5.91 Å². The van der Waals surface area contributed by atoms with Gasteiger partial charge in [-0.1, -0.05) is 6.07 Å². The molecule has 3 aromatic rings. The number of rotatable bonds is 5. The molecule has 2 amide bonds. The normalized spacial score (nSPS) is 18.2. The summed E-state index contributed by atoms with van der Waals surface area (Å²) in [7, 11) is 2.15. The van der Waals surface area contributed by atoms with E-state index in [2.05, 4.69) is 32.2 Å². The minimum atomic E-state index is -4.64. The van der Waals surface area contributed by atoms with Crippen LogP contribution in [0.1, 0.15) is 29.0 Å². The number of alkyl halides is 3. The second-order valence-electron chi connectivity index (χ2n) is 9.91. The molecule has 0 aliphatic carbocycles. The number of anilines is 1. The van der Waals surface area contributed by atoms with Crippen LogP contribution in [-0.2, 0) is 17.5 Å². The fourth-order valence-electron chi connectivity index (χ4n) is 5.06. The number of nitrogens with zero attached hydrogens (tertiary/aromatic N) is 6. The zero-order valence-corrected chi connectivity index (χ0v) is 21.1. The second kappa shape index (κ2) is 10.7. The summed E-state index contributed by atoms with van der Waals surface area (Å²) >= 11 is 0. The Balaban J connectivity index is 1.18. The first-order chi connectivity index (χ1) is 18.2. The van der Waals surface area contributed by atoms with Gasteiger partial charge in [-0.2, -0.15) is 18.3 Å². The van der Waals surface area contributed by atoms with Crippen LogP contribution in [0.2, 0.25) is 0 Å². The lowest BCUT2D eigenvalue weighted by atomic mass is 10.0. The number of aromatic nitrogens is 3. The number of hydrogen-bond donors (Lipinski definition) is 1. The van der Waals surface area contributed by atoms with E-state index in [1.54, 1.807) is 29.1 Å². The summed E-state index contributed by atoms with van der Waals surface area (Å²) in [5, 5.41) is 7.74. The number of likely N-dealkylation sites (N-methyl/N-ethyl adjacent to an activating group) is 1. The van der Waals surface area contributed by atoms with Crippen molar-refractivity contribution in [2.45, 2.75) is 31.6 Å². The van der Waals surface area contributed by atoms with Gasteiger partial charge in [0, 0.05) is 62.6 Å². The summed E-state index contributed by atoms with van der Waals surface area (Å²) < 4.78 is 40.3. The predicted molar refractivity (Wildman–Crippen MR) is 136 cm³/mol. The van der Waals surface area contributed by atoms with Gasteiger partial charge in [0.15, 0.2) is 0 Å². The first-order valence-electron chi connectivity index (χ1n) is 12.7. The molecule has 0 atom stereocenters. The highest BCUT2D eigenvalue weighted by Crippen LogP contribution is 2.27. The van der Waals surface area contributed by atoms with E-state index >= 15 is 0 Å². The molecule has 0 saturated carbocycles. The van der Waals surface area contributed by atoms with E-state index in [-0.39, 0.29) is 18.1 Å². The number of likely N-dealkylation sites (tertiary alicyclic amines) is 1. The summed E-state index contributed by atoms with van der Waals surface area (Å²) in [6.07, 6.45) is -0.967. The number of carbonyl (C=O) groups excluding carboxylic acids is 2. The van der Waals surface area contributed by atoms with Crippen LogP contribution in [-0.4, -0.2) is 93.6 Å². The molecule has 2 fully saturated rings. The maximum atomic E-state index is 12.9. The Bertz CT molecular complexity index is 1310. The number of benzene rings is 1. The van der Waals surface area contributed by atoms with E-state index in [1.165, 1.54) is 6.07 Å². The Morgan fingerprint density at radius 3 is 2.47 bits per heavy atom. The van der Waals surface area contributed by atoms with Gasteiger partial charge < -0.3 is 15.1 Å². The maximum absolute atomic E-state index is 12.9. The molecule has 202 valence electrons.